The number of aromatic nitrogens is 1. The van der Waals surface area contributed by atoms with Crippen molar-refractivity contribution in [3.8, 4) is 0 Å². The Morgan fingerprint density at radius 2 is 1.93 bits per heavy atom. The first-order valence-corrected chi connectivity index (χ1v) is 4.03. The molecule has 0 radical (unpaired) electrons. The van der Waals surface area contributed by atoms with Gasteiger partial charge in [0.2, 0.25) is 0 Å². The second kappa shape index (κ2) is 3.33. The molecular formula is C10H7NO3. The van der Waals surface area contributed by atoms with Crippen LogP contribution in [0.4, 0.5) is 0 Å². The fourth-order valence-electron chi connectivity index (χ4n) is 1.17. The number of nitrogens with zero attached hydrogens (tertiary/aromatic N) is 1. The molecule has 0 saturated heterocycles. The van der Waals surface area contributed by atoms with E-state index in [0.29, 0.717) is 11.3 Å². The Hall–Kier alpha value is -2.10. The highest BCUT2D eigenvalue weighted by Crippen LogP contribution is 2.19. The fraction of sp³-hybridized carbons (Fsp3) is 0. The molecule has 0 saturated carbocycles. The van der Waals surface area contributed by atoms with Gasteiger partial charge in [-0.05, 0) is 12.2 Å². The van der Waals surface area contributed by atoms with Gasteiger partial charge in [0.15, 0.2) is 11.5 Å². The van der Waals surface area contributed by atoms with Crippen LogP contribution in [-0.4, -0.2) is 16.2 Å². The van der Waals surface area contributed by atoms with Crippen LogP contribution in [0.15, 0.2) is 28.8 Å². The molecule has 14 heavy (non-hydrogen) atoms. The van der Waals surface area contributed by atoms with Crippen molar-refractivity contribution in [2.75, 3.05) is 0 Å². The first-order valence-electron chi connectivity index (χ1n) is 4.03. The first-order chi connectivity index (χ1) is 6.79. The fourth-order valence-corrected chi connectivity index (χ4v) is 1.17. The number of aromatic carboxylic acids is 1. The molecule has 1 aliphatic carbocycles. The lowest BCUT2D eigenvalue weighted by molar-refractivity contribution is 0.0685. The van der Waals surface area contributed by atoms with Crippen molar-refractivity contribution >= 4 is 18.1 Å². The Bertz CT molecular complexity index is 452. The van der Waals surface area contributed by atoms with Crippen molar-refractivity contribution in [2.45, 2.75) is 0 Å². The van der Waals surface area contributed by atoms with Crippen molar-refractivity contribution in [1.29, 1.82) is 0 Å². The Morgan fingerprint density at radius 1 is 1.21 bits per heavy atom. The van der Waals surface area contributed by atoms with Crippen molar-refractivity contribution in [2.24, 2.45) is 0 Å². The van der Waals surface area contributed by atoms with Gasteiger partial charge in [-0.15, -0.1) is 0 Å². The predicted octanol–water partition coefficient (Wildman–Crippen LogP) is 1.97. The zero-order valence-corrected chi connectivity index (χ0v) is 7.18. The lowest BCUT2D eigenvalue weighted by Gasteiger charge is -1.91. The third kappa shape index (κ3) is 1.37. The Balaban J connectivity index is 2.57. The van der Waals surface area contributed by atoms with E-state index in [-0.39, 0.29) is 5.69 Å². The molecule has 4 heteroatoms. The van der Waals surface area contributed by atoms with Crippen LogP contribution >= 0.6 is 0 Å². The molecule has 0 aromatic carbocycles. The lowest BCUT2D eigenvalue weighted by atomic mass is 10.1. The Kier molecular flexibility index (Phi) is 2.02. The standard InChI is InChI=1S/C10H7NO3/c12-10(13)9-7-5-3-1-2-4-6-8(7)14-11-9/h1-6H,(H,12,13)/b2-1-,3-1?,4-2?,5-3-,6-4-,7-5?,8-6?. The minimum Gasteiger partial charge on any atom is -0.476 e. The van der Waals surface area contributed by atoms with Crippen LogP contribution in [0.5, 0.6) is 0 Å². The molecule has 0 fully saturated rings. The number of allylic oxidation sites excluding steroid dienone is 4. The summed E-state index contributed by atoms with van der Waals surface area (Å²) in [5, 5.41) is 12.3. The molecule has 1 heterocycles. The van der Waals surface area contributed by atoms with E-state index in [2.05, 4.69) is 5.16 Å². The van der Waals surface area contributed by atoms with Gasteiger partial charge < -0.3 is 9.63 Å². The minimum atomic E-state index is -1.09. The van der Waals surface area contributed by atoms with Crippen molar-refractivity contribution < 1.29 is 14.4 Å². The van der Waals surface area contributed by atoms with E-state index in [1.165, 1.54) is 0 Å². The molecular weight excluding hydrogens is 182 g/mol. The summed E-state index contributed by atoms with van der Waals surface area (Å²) in [7, 11) is 0. The molecule has 0 spiro atoms. The van der Waals surface area contributed by atoms with Gasteiger partial charge in [0, 0.05) is 0 Å². The van der Waals surface area contributed by atoms with E-state index >= 15 is 0 Å². The molecule has 0 atom stereocenters. The van der Waals surface area contributed by atoms with Crippen LogP contribution < -0.4 is 0 Å². The van der Waals surface area contributed by atoms with Crippen LogP contribution in [0.1, 0.15) is 21.8 Å². The van der Waals surface area contributed by atoms with Gasteiger partial charge in [-0.3, -0.25) is 0 Å². The molecule has 1 aromatic heterocycles. The summed E-state index contributed by atoms with van der Waals surface area (Å²) in [6, 6.07) is 0. The van der Waals surface area contributed by atoms with Gasteiger partial charge >= 0.3 is 5.97 Å². The highest BCUT2D eigenvalue weighted by Gasteiger charge is 2.17. The van der Waals surface area contributed by atoms with E-state index in [1.54, 1.807) is 30.4 Å². The van der Waals surface area contributed by atoms with Crippen LogP contribution in [-0.2, 0) is 0 Å². The summed E-state index contributed by atoms with van der Waals surface area (Å²) in [6.45, 7) is 0. The van der Waals surface area contributed by atoms with E-state index < -0.39 is 5.97 Å². The zero-order chi connectivity index (χ0) is 9.97. The second-order valence-electron chi connectivity index (χ2n) is 2.72. The monoisotopic (exact) mass is 189 g/mol. The van der Waals surface area contributed by atoms with Crippen LogP contribution in [0.3, 0.4) is 0 Å². The number of fused-ring (bicyclic) bond motifs is 1. The topological polar surface area (TPSA) is 63.3 Å². The highest BCUT2D eigenvalue weighted by atomic mass is 16.5. The summed E-state index contributed by atoms with van der Waals surface area (Å²) < 4.78 is 4.88. The van der Waals surface area contributed by atoms with Crippen molar-refractivity contribution in [3.63, 3.8) is 0 Å². The summed E-state index contributed by atoms with van der Waals surface area (Å²) in [5.41, 5.74) is 0.439. The molecule has 0 bridgehead atoms. The quantitative estimate of drug-likeness (QED) is 0.733. The molecule has 1 aromatic rings. The smallest absolute Gasteiger partial charge is 0.358 e. The largest absolute Gasteiger partial charge is 0.476 e. The maximum atomic E-state index is 10.7. The van der Waals surface area contributed by atoms with E-state index in [4.69, 9.17) is 9.63 Å². The summed E-state index contributed by atoms with van der Waals surface area (Å²) in [4.78, 5) is 10.7. The number of carbonyl (C=O) groups is 1. The Morgan fingerprint density at radius 3 is 2.64 bits per heavy atom. The van der Waals surface area contributed by atoms with Crippen molar-refractivity contribution in [3.05, 3.63) is 41.3 Å². The average Bonchev–Trinajstić information content (AvgIpc) is 2.47. The van der Waals surface area contributed by atoms with Gasteiger partial charge in [0.05, 0.1) is 5.56 Å². The van der Waals surface area contributed by atoms with E-state index in [9.17, 15) is 4.79 Å². The molecule has 4 nitrogen and oxygen atoms in total. The van der Waals surface area contributed by atoms with Crippen LogP contribution in [0, 0.1) is 0 Å². The number of hydrogen-bond acceptors (Lipinski definition) is 3. The Labute approximate surface area is 79.8 Å². The van der Waals surface area contributed by atoms with Gasteiger partial charge in [-0.25, -0.2) is 4.79 Å². The minimum absolute atomic E-state index is 0.0591. The first kappa shape index (κ1) is 8.50. The predicted molar refractivity (Wildman–Crippen MR) is 50.7 cm³/mol. The number of carboxylic acid groups (broad SMARTS) is 1. The highest BCUT2D eigenvalue weighted by molar-refractivity contribution is 5.91. The summed E-state index contributed by atoms with van der Waals surface area (Å²) in [6.07, 6.45) is 10.5. The second-order valence-corrected chi connectivity index (χ2v) is 2.72. The van der Waals surface area contributed by atoms with Crippen molar-refractivity contribution in [1.82, 2.24) is 5.16 Å². The molecule has 2 rings (SSSR count). The zero-order valence-electron chi connectivity index (χ0n) is 7.18. The maximum absolute atomic E-state index is 10.7. The molecule has 0 aliphatic heterocycles. The maximum Gasteiger partial charge on any atom is 0.358 e. The van der Waals surface area contributed by atoms with Gasteiger partial charge in [0.1, 0.15) is 0 Å². The van der Waals surface area contributed by atoms with Gasteiger partial charge in [-0.2, -0.15) is 0 Å². The number of hydrogen-bond donors (Lipinski definition) is 1. The molecule has 0 amide bonds. The average molecular weight is 189 g/mol. The normalized spacial score (nSPS) is 20.3. The molecule has 0 unspecified atom stereocenters. The summed E-state index contributed by atoms with van der Waals surface area (Å²) in [5.74, 6) is -0.624. The van der Waals surface area contributed by atoms with Gasteiger partial charge in [-0.1, -0.05) is 29.5 Å². The third-order valence-electron chi connectivity index (χ3n) is 1.80. The van der Waals surface area contributed by atoms with E-state index in [0.717, 1.165) is 0 Å². The number of rotatable bonds is 1. The third-order valence-corrected chi connectivity index (χ3v) is 1.80. The SMILES string of the molecule is O=C(O)c1noc2c1\C=C/C=C\C=C/2. The lowest BCUT2D eigenvalue weighted by Crippen LogP contribution is -1.98. The van der Waals surface area contributed by atoms with Gasteiger partial charge in [0.25, 0.3) is 0 Å². The number of carboxylic acids is 1. The van der Waals surface area contributed by atoms with E-state index in [1.807, 2.05) is 6.08 Å². The van der Waals surface area contributed by atoms with Crippen LogP contribution in [0.2, 0.25) is 0 Å². The molecule has 70 valence electrons. The summed E-state index contributed by atoms with van der Waals surface area (Å²) >= 11 is 0. The molecule has 1 N–H and O–H groups in total. The van der Waals surface area contributed by atoms with Crippen LogP contribution in [0.25, 0.3) is 12.2 Å². The molecule has 1 aliphatic rings.